The number of aryl methyl sites for hydroxylation is 2. The molecule has 0 aliphatic carbocycles. The second-order valence-electron chi connectivity index (χ2n) is 25.9. The minimum atomic E-state index is -2.21. The number of pyridine rings is 2. The Bertz CT molecular complexity index is 2690. The molecular formula is C61H97N3O34+2. The van der Waals surface area contributed by atoms with E-state index in [0.717, 1.165) is 49.8 Å². The lowest BCUT2D eigenvalue weighted by Crippen LogP contribution is -2.68. The molecule has 2 aromatic rings. The zero-order valence-corrected chi connectivity index (χ0v) is 53.5. The van der Waals surface area contributed by atoms with Crippen LogP contribution in [0.2, 0.25) is 0 Å². The van der Waals surface area contributed by atoms with Gasteiger partial charge in [-0.15, -0.1) is 0 Å². The highest BCUT2D eigenvalue weighted by Crippen LogP contribution is 2.39. The van der Waals surface area contributed by atoms with Crippen LogP contribution in [0.1, 0.15) is 38.5 Å². The molecule has 14 bridgehead atoms. The Morgan fingerprint density at radius 3 is 0.776 bits per heavy atom. The molecule has 0 unspecified atom stereocenters. The first-order valence-corrected chi connectivity index (χ1v) is 33.0. The van der Waals surface area contributed by atoms with Gasteiger partial charge in [-0.25, -0.2) is 9.13 Å². The van der Waals surface area contributed by atoms with Crippen LogP contribution in [0.15, 0.2) is 49.1 Å². The van der Waals surface area contributed by atoms with Crippen LogP contribution in [0.25, 0.3) is 11.1 Å². The average molecular weight is 1420 g/mol. The van der Waals surface area contributed by atoms with Crippen LogP contribution in [0.5, 0.6) is 0 Å². The number of nitrogens with zero attached hydrogens (tertiary/aromatic N) is 2. The molecule has 21 aliphatic rings. The third kappa shape index (κ3) is 17.1. The highest BCUT2D eigenvalue weighted by atomic mass is 16.8. The van der Waals surface area contributed by atoms with Crippen LogP contribution in [-0.2, 0) is 79.9 Å². The first kappa shape index (κ1) is 77.5. The maximum atomic E-state index is 12.0. The van der Waals surface area contributed by atoms with Crippen molar-refractivity contribution in [3.8, 4) is 11.1 Å². The highest BCUT2D eigenvalue weighted by Gasteiger charge is 2.60. The molecule has 23 heterocycles. The van der Waals surface area contributed by atoms with E-state index >= 15 is 0 Å². The molecule has 21 saturated heterocycles. The number of rotatable bonds is 18. The maximum absolute atomic E-state index is 12.0. The molecular weight excluding hydrogens is 1320 g/mol. The van der Waals surface area contributed by atoms with Gasteiger partial charge in [0.25, 0.3) is 0 Å². The van der Waals surface area contributed by atoms with E-state index in [9.17, 15) is 102 Å². The van der Waals surface area contributed by atoms with Crippen molar-refractivity contribution in [2.45, 2.75) is 260 Å². The standard InChI is InChI=1S/C61H97N3O34/c1-63-14-8-25(9-15-63)26-10-16-64(17-11-26)13-7-5-3-2-4-6-12-62-18-27-48-34(71)41(78)55(85-27)93-49-28(19-65)87-57(43(80)36(49)73)95-51-30(21-67)89-59(45(82)38(51)75)97-53-32(23-69)91-61(47(84)40(53)77)98-54-33(24-70)90-60(46(83)39(54)76)96-52-31(22-68)88-58(44(81)37(52)74)94-50-29(20-66)86-56(92-48)42(79)35(50)72/h8-11,14-17,27-62,65-84H,2-7,12-13,18-24H2,1H3/q+2/t27-,28-,29-,30-,31-,32-,33-,34-,35-,36-,37-,38-,39-,40-,41-,42-,43-,44-,45-,46-,47-,48-,49-,50-,51-,52-,53-,54-,55-,56-,57-,58-,59-,60-,61-/m1/s1. The molecule has 35 atom stereocenters. The van der Waals surface area contributed by atoms with Crippen molar-refractivity contribution in [1.29, 1.82) is 0 Å². The van der Waals surface area contributed by atoms with E-state index in [-0.39, 0.29) is 6.54 Å². The molecule has 0 saturated carbocycles. The molecule has 558 valence electrons. The lowest BCUT2D eigenvalue weighted by molar-refractivity contribution is -0.697. The van der Waals surface area contributed by atoms with Gasteiger partial charge in [-0.2, -0.15) is 0 Å². The number of hydrogen-bond acceptors (Lipinski definition) is 35. The largest absolute Gasteiger partial charge is 0.394 e. The van der Waals surface area contributed by atoms with Crippen LogP contribution in [0.3, 0.4) is 0 Å². The quantitative estimate of drug-likeness (QED) is 0.0487. The summed E-state index contributed by atoms with van der Waals surface area (Å²) in [5.41, 5.74) is 2.23. The van der Waals surface area contributed by atoms with E-state index in [1.54, 1.807) is 0 Å². The molecule has 0 amide bonds. The van der Waals surface area contributed by atoms with E-state index in [4.69, 9.17) is 66.3 Å². The van der Waals surface area contributed by atoms with E-state index < -0.39 is 255 Å². The molecule has 21 N–H and O–H groups in total. The molecule has 37 nitrogen and oxygen atoms in total. The maximum Gasteiger partial charge on any atom is 0.187 e. The summed E-state index contributed by atoms with van der Waals surface area (Å²) < 4.78 is 86.2. The topological polar surface area (TPSA) is 554 Å². The van der Waals surface area contributed by atoms with Gasteiger partial charge in [0.15, 0.2) is 68.8 Å². The van der Waals surface area contributed by atoms with Crippen LogP contribution >= 0.6 is 0 Å². The summed E-state index contributed by atoms with van der Waals surface area (Å²) in [5.74, 6) is 0. The Morgan fingerprint density at radius 1 is 0.286 bits per heavy atom. The first-order chi connectivity index (χ1) is 47.0. The van der Waals surface area contributed by atoms with Gasteiger partial charge in [0.05, 0.1) is 39.6 Å². The van der Waals surface area contributed by atoms with Gasteiger partial charge in [0, 0.05) is 37.2 Å². The molecule has 23 rings (SSSR count). The molecule has 37 heteroatoms. The Balaban J connectivity index is 0.859. The minimum Gasteiger partial charge on any atom is -0.394 e. The summed E-state index contributed by atoms with van der Waals surface area (Å²) in [5, 5.41) is 228. The molecule has 21 aliphatic heterocycles. The second-order valence-corrected chi connectivity index (χ2v) is 25.9. The fraction of sp³-hybridized carbons (Fsp3) is 0.836. The lowest BCUT2D eigenvalue weighted by Gasteiger charge is -2.50. The van der Waals surface area contributed by atoms with E-state index in [2.05, 4.69) is 46.5 Å². The van der Waals surface area contributed by atoms with E-state index in [1.807, 2.05) is 24.0 Å². The predicted molar refractivity (Wildman–Crippen MR) is 315 cm³/mol. The van der Waals surface area contributed by atoms with Gasteiger partial charge in [-0.1, -0.05) is 19.3 Å². The SMILES string of the molecule is C[n+]1ccc(-c2cc[n+](CCCCCCCCNC[C@H]3O[C@@H]4O[C@H]5[C@H](O)[C@@H](O)[C@@H](O[C@H]6[C@H](O)[C@@H](O)[C@@H](O[C@H]7[C@H](O)[C@@H](O)[C@@H](O[C@H]8[C@H](O)[C@@H](O)[C@@H](O[C@H]9[C@H](O)[C@@H](O)[C@@H](O[C@H]%10[C@H](O)[C@@H](O)[C@@H](O[C@H]3[C@H](O)[C@H]4O)O[C@@H]%10CO)O[C@@H]9CO)O[C@@H]8CO)O[C@@H]7CO)O[C@@H]6CO)O[C@@H]5CO)cc2)cc1. The van der Waals surface area contributed by atoms with Crippen molar-refractivity contribution >= 4 is 0 Å². The van der Waals surface area contributed by atoms with Crippen LogP contribution in [0, 0.1) is 0 Å². The normalized spacial score (nSPS) is 46.0. The predicted octanol–water partition coefficient (Wildman–Crippen LogP) is -11.8. The Hall–Kier alpha value is -3.10. The number of nitrogens with one attached hydrogen (secondary N) is 1. The number of aromatic nitrogens is 2. The fourth-order valence-electron chi connectivity index (χ4n) is 13.4. The number of aliphatic hydroxyl groups is 20. The molecule has 2 aromatic heterocycles. The van der Waals surface area contributed by atoms with Gasteiger partial charge in [-0.3, -0.25) is 0 Å². The van der Waals surface area contributed by atoms with Crippen molar-refractivity contribution in [2.24, 2.45) is 7.05 Å². The number of ether oxygens (including phenoxy) is 14. The van der Waals surface area contributed by atoms with E-state index in [0.29, 0.717) is 13.0 Å². The summed E-state index contributed by atoms with van der Waals surface area (Å²) in [4.78, 5) is 0. The van der Waals surface area contributed by atoms with E-state index in [1.165, 1.54) is 0 Å². The second kappa shape index (κ2) is 35.1. The molecule has 98 heavy (non-hydrogen) atoms. The van der Waals surface area contributed by atoms with Crippen LogP contribution < -0.4 is 14.5 Å². The minimum absolute atomic E-state index is 0.201. The summed E-state index contributed by atoms with van der Waals surface area (Å²) in [6, 6.07) is 8.27. The third-order valence-corrected chi connectivity index (χ3v) is 19.2. The Kier molecular flexibility index (Phi) is 27.8. The zero-order valence-electron chi connectivity index (χ0n) is 53.5. The number of hydrogen-bond donors (Lipinski definition) is 21. The summed E-state index contributed by atoms with van der Waals surface area (Å²) >= 11 is 0. The van der Waals surface area contributed by atoms with Crippen molar-refractivity contribution in [1.82, 2.24) is 5.32 Å². The van der Waals surface area contributed by atoms with Crippen molar-refractivity contribution < 1.29 is 178 Å². The summed E-state index contributed by atoms with van der Waals surface area (Å²) in [6.07, 6.45) is -55.9. The zero-order chi connectivity index (χ0) is 70.4. The van der Waals surface area contributed by atoms with Gasteiger partial charge in [0.2, 0.25) is 0 Å². The van der Waals surface area contributed by atoms with Gasteiger partial charge >= 0.3 is 0 Å². The van der Waals surface area contributed by atoms with Crippen LogP contribution in [-0.4, -0.2) is 370 Å². The lowest BCUT2D eigenvalue weighted by atomic mass is 9.95. The van der Waals surface area contributed by atoms with Gasteiger partial charge < -0.3 is 174 Å². The molecule has 0 spiro atoms. The smallest absolute Gasteiger partial charge is 0.187 e. The Labute approximate surface area is 561 Å². The monoisotopic (exact) mass is 1420 g/mol. The summed E-state index contributed by atoms with van der Waals surface area (Å²) in [7, 11) is 1.96. The first-order valence-electron chi connectivity index (χ1n) is 33.0. The molecule has 0 radical (unpaired) electrons. The molecule has 0 aromatic carbocycles. The van der Waals surface area contributed by atoms with Crippen molar-refractivity contribution in [3.63, 3.8) is 0 Å². The summed E-state index contributed by atoms with van der Waals surface area (Å²) in [6.45, 7) is -5.19. The number of aliphatic hydroxyl groups excluding tert-OH is 20. The molecule has 21 fully saturated rings. The average Bonchev–Trinajstić information content (AvgIpc) is 0.779. The highest BCUT2D eigenvalue weighted by molar-refractivity contribution is 5.60. The fourth-order valence-corrected chi connectivity index (χ4v) is 13.4. The van der Waals surface area contributed by atoms with Crippen molar-refractivity contribution in [3.05, 3.63) is 49.1 Å². The number of unbranched alkanes of at least 4 members (excludes halogenated alkanes) is 5. The van der Waals surface area contributed by atoms with Gasteiger partial charge in [-0.05, 0) is 30.5 Å². The van der Waals surface area contributed by atoms with Crippen LogP contribution in [0.4, 0.5) is 0 Å². The third-order valence-electron chi connectivity index (χ3n) is 19.2. The Morgan fingerprint density at radius 2 is 0.510 bits per heavy atom. The van der Waals surface area contributed by atoms with Crippen molar-refractivity contribution in [2.75, 3.05) is 52.7 Å². The van der Waals surface area contributed by atoms with Gasteiger partial charge in [0.1, 0.15) is 185 Å².